The van der Waals surface area contributed by atoms with Gasteiger partial charge in [0.15, 0.2) is 0 Å². The summed E-state index contributed by atoms with van der Waals surface area (Å²) in [6, 6.07) is 9.53. The highest BCUT2D eigenvalue weighted by Crippen LogP contribution is 2.09. The smallest absolute Gasteiger partial charge is 0.407 e. The van der Waals surface area contributed by atoms with Gasteiger partial charge in [-0.1, -0.05) is 30.3 Å². The largest absolute Gasteiger partial charge is 0.445 e. The number of amides is 1. The van der Waals surface area contributed by atoms with E-state index in [0.29, 0.717) is 13.0 Å². The van der Waals surface area contributed by atoms with Crippen LogP contribution in [0.25, 0.3) is 0 Å². The maximum Gasteiger partial charge on any atom is 0.407 e. The molecular formula is C14H21NO3. The van der Waals surface area contributed by atoms with Crippen LogP contribution in [-0.2, 0) is 11.3 Å². The fourth-order valence-electron chi connectivity index (χ4n) is 1.49. The van der Waals surface area contributed by atoms with Crippen LogP contribution in [0.5, 0.6) is 0 Å². The van der Waals surface area contributed by atoms with Crippen molar-refractivity contribution in [3.63, 3.8) is 0 Å². The number of aliphatic hydroxyl groups is 1. The number of alkyl carbamates (subject to hydrolysis) is 1. The number of nitrogens with one attached hydrogen (secondary N) is 1. The molecule has 0 fully saturated rings. The summed E-state index contributed by atoms with van der Waals surface area (Å²) in [7, 11) is 0. The maximum atomic E-state index is 11.3. The van der Waals surface area contributed by atoms with E-state index in [2.05, 4.69) is 5.32 Å². The molecule has 0 spiro atoms. The quantitative estimate of drug-likeness (QED) is 0.764. The molecule has 1 aromatic rings. The Morgan fingerprint density at radius 2 is 2.00 bits per heavy atom. The summed E-state index contributed by atoms with van der Waals surface area (Å²) >= 11 is 0. The Bertz CT molecular complexity index is 357. The standard InChI is InChI=1S/C14H21NO3/c1-14(2,17)9-6-10-15-13(16)18-11-12-7-4-3-5-8-12/h3-5,7-8,17H,6,9-11H2,1-2H3,(H,15,16). The van der Waals surface area contributed by atoms with Crippen molar-refractivity contribution in [1.82, 2.24) is 5.32 Å². The van der Waals surface area contributed by atoms with Crippen molar-refractivity contribution in [3.05, 3.63) is 35.9 Å². The minimum absolute atomic E-state index is 0.276. The van der Waals surface area contributed by atoms with E-state index in [1.54, 1.807) is 13.8 Å². The summed E-state index contributed by atoms with van der Waals surface area (Å²) in [6.07, 6.45) is 0.949. The highest BCUT2D eigenvalue weighted by molar-refractivity contribution is 5.67. The van der Waals surface area contributed by atoms with Gasteiger partial charge in [0.2, 0.25) is 0 Å². The van der Waals surface area contributed by atoms with Crippen LogP contribution in [0.1, 0.15) is 32.3 Å². The molecule has 1 aromatic carbocycles. The van der Waals surface area contributed by atoms with Crippen molar-refractivity contribution in [2.45, 2.75) is 38.9 Å². The monoisotopic (exact) mass is 251 g/mol. The van der Waals surface area contributed by atoms with Crippen LogP contribution in [0, 0.1) is 0 Å². The van der Waals surface area contributed by atoms with Crippen molar-refractivity contribution in [2.24, 2.45) is 0 Å². The molecule has 0 aliphatic rings. The molecule has 4 nitrogen and oxygen atoms in total. The molecule has 2 N–H and O–H groups in total. The third-order valence-corrected chi connectivity index (χ3v) is 2.45. The summed E-state index contributed by atoms with van der Waals surface area (Å²) in [6.45, 7) is 4.29. The average molecular weight is 251 g/mol. The third kappa shape index (κ3) is 6.91. The Labute approximate surface area is 108 Å². The van der Waals surface area contributed by atoms with Gasteiger partial charge in [-0.25, -0.2) is 4.79 Å². The van der Waals surface area contributed by atoms with Crippen LogP contribution in [-0.4, -0.2) is 23.3 Å². The zero-order valence-corrected chi connectivity index (χ0v) is 11.0. The molecule has 18 heavy (non-hydrogen) atoms. The first kappa shape index (κ1) is 14.5. The lowest BCUT2D eigenvalue weighted by molar-refractivity contribution is 0.0683. The zero-order chi connectivity index (χ0) is 13.4. The molecule has 0 aliphatic carbocycles. The number of benzene rings is 1. The second kappa shape index (κ2) is 7.01. The van der Waals surface area contributed by atoms with Crippen molar-refractivity contribution >= 4 is 6.09 Å². The number of hydrogen-bond acceptors (Lipinski definition) is 3. The lowest BCUT2D eigenvalue weighted by Crippen LogP contribution is -2.27. The van der Waals surface area contributed by atoms with Crippen LogP contribution < -0.4 is 5.32 Å². The fourth-order valence-corrected chi connectivity index (χ4v) is 1.49. The van der Waals surface area contributed by atoms with Gasteiger partial charge in [0, 0.05) is 6.54 Å². The highest BCUT2D eigenvalue weighted by atomic mass is 16.5. The van der Waals surface area contributed by atoms with E-state index in [9.17, 15) is 9.90 Å². The molecule has 0 radical (unpaired) electrons. The van der Waals surface area contributed by atoms with Gasteiger partial charge in [-0.2, -0.15) is 0 Å². The van der Waals surface area contributed by atoms with Crippen LogP contribution >= 0.6 is 0 Å². The first-order chi connectivity index (χ1) is 8.47. The minimum Gasteiger partial charge on any atom is -0.445 e. The molecule has 0 saturated heterocycles. The topological polar surface area (TPSA) is 58.6 Å². The van der Waals surface area contributed by atoms with Gasteiger partial charge in [-0.15, -0.1) is 0 Å². The Morgan fingerprint density at radius 3 is 2.61 bits per heavy atom. The van der Waals surface area contributed by atoms with E-state index in [1.165, 1.54) is 0 Å². The predicted molar refractivity (Wildman–Crippen MR) is 70.2 cm³/mol. The first-order valence-electron chi connectivity index (χ1n) is 6.14. The normalized spacial score (nSPS) is 11.1. The highest BCUT2D eigenvalue weighted by Gasteiger charge is 2.11. The van der Waals surface area contributed by atoms with Crippen molar-refractivity contribution in [2.75, 3.05) is 6.54 Å². The molecule has 4 heteroatoms. The summed E-state index contributed by atoms with van der Waals surface area (Å²) in [5.74, 6) is 0. The summed E-state index contributed by atoms with van der Waals surface area (Å²) < 4.78 is 5.05. The van der Waals surface area contributed by atoms with Gasteiger partial charge < -0.3 is 15.2 Å². The van der Waals surface area contributed by atoms with Gasteiger partial charge in [-0.3, -0.25) is 0 Å². The van der Waals surface area contributed by atoms with Crippen LogP contribution in [0.15, 0.2) is 30.3 Å². The van der Waals surface area contributed by atoms with Crippen molar-refractivity contribution < 1.29 is 14.6 Å². The molecule has 0 saturated carbocycles. The third-order valence-electron chi connectivity index (χ3n) is 2.45. The number of rotatable bonds is 6. The molecular weight excluding hydrogens is 230 g/mol. The lowest BCUT2D eigenvalue weighted by Gasteiger charge is -2.16. The van der Waals surface area contributed by atoms with Crippen LogP contribution in [0.4, 0.5) is 4.79 Å². The maximum absolute atomic E-state index is 11.3. The number of carbonyl (C=O) groups excluding carboxylic acids is 1. The molecule has 0 bridgehead atoms. The van der Waals surface area contributed by atoms with Crippen LogP contribution in [0.2, 0.25) is 0 Å². The molecule has 0 aromatic heterocycles. The molecule has 0 unspecified atom stereocenters. The van der Waals surface area contributed by atoms with Crippen LogP contribution in [0.3, 0.4) is 0 Å². The van der Waals surface area contributed by atoms with Gasteiger partial charge in [0.25, 0.3) is 0 Å². The molecule has 1 rings (SSSR count). The second-order valence-corrected chi connectivity index (χ2v) is 4.90. The van der Waals surface area contributed by atoms with Gasteiger partial charge >= 0.3 is 6.09 Å². The van der Waals surface area contributed by atoms with E-state index in [4.69, 9.17) is 4.74 Å². The van der Waals surface area contributed by atoms with Gasteiger partial charge in [-0.05, 0) is 32.3 Å². The Balaban J connectivity index is 2.11. The molecule has 100 valence electrons. The minimum atomic E-state index is -0.685. The zero-order valence-electron chi connectivity index (χ0n) is 11.0. The Hall–Kier alpha value is -1.55. The molecule has 0 atom stereocenters. The van der Waals surface area contributed by atoms with E-state index < -0.39 is 11.7 Å². The van der Waals surface area contributed by atoms with E-state index in [1.807, 2.05) is 30.3 Å². The summed E-state index contributed by atoms with van der Waals surface area (Å²) in [4.78, 5) is 11.3. The van der Waals surface area contributed by atoms with Crippen molar-refractivity contribution in [1.29, 1.82) is 0 Å². The van der Waals surface area contributed by atoms with E-state index in [-0.39, 0.29) is 6.61 Å². The van der Waals surface area contributed by atoms with Gasteiger partial charge in [0.1, 0.15) is 6.61 Å². The SMILES string of the molecule is CC(C)(O)CCCNC(=O)OCc1ccccc1. The van der Waals surface area contributed by atoms with Gasteiger partial charge in [0.05, 0.1) is 5.60 Å². The molecule has 0 aliphatic heterocycles. The molecule has 1 amide bonds. The Kier molecular flexibility index (Phi) is 5.65. The van der Waals surface area contributed by atoms with Crippen molar-refractivity contribution in [3.8, 4) is 0 Å². The Morgan fingerprint density at radius 1 is 1.33 bits per heavy atom. The number of ether oxygens (including phenoxy) is 1. The fraction of sp³-hybridized carbons (Fsp3) is 0.500. The first-order valence-corrected chi connectivity index (χ1v) is 6.14. The average Bonchev–Trinajstić information content (AvgIpc) is 2.32. The lowest BCUT2D eigenvalue weighted by atomic mass is 10.0. The number of hydrogen-bond donors (Lipinski definition) is 2. The summed E-state index contributed by atoms with van der Waals surface area (Å²) in [5, 5.41) is 12.1. The van der Waals surface area contributed by atoms with E-state index in [0.717, 1.165) is 12.0 Å². The number of carbonyl (C=O) groups is 1. The summed E-state index contributed by atoms with van der Waals surface area (Å²) in [5.41, 5.74) is 0.277. The predicted octanol–water partition coefficient (Wildman–Crippen LogP) is 2.46. The molecule has 0 heterocycles. The van der Waals surface area contributed by atoms with E-state index >= 15 is 0 Å². The second-order valence-electron chi connectivity index (χ2n) is 4.90.